The molecule has 0 aliphatic carbocycles. The fourth-order valence-corrected chi connectivity index (χ4v) is 6.31. The highest BCUT2D eigenvalue weighted by Crippen LogP contribution is 2.43. The smallest absolute Gasteiger partial charge is 0.472 e. The van der Waals surface area contributed by atoms with Gasteiger partial charge in [0.05, 0.1) is 19.6 Å². The van der Waals surface area contributed by atoms with Crippen molar-refractivity contribution in [2.75, 3.05) is 19.8 Å². The first-order valence-corrected chi connectivity index (χ1v) is 23.5. The van der Waals surface area contributed by atoms with E-state index < -0.39 is 51.1 Å². The molecule has 0 aromatic heterocycles. The number of carbonyl (C=O) groups excluding carboxylic acids is 2. The van der Waals surface area contributed by atoms with Crippen LogP contribution < -0.4 is 5.73 Å². The summed E-state index contributed by atoms with van der Waals surface area (Å²) in [7, 11) is -4.74. The fraction of sp³-hybridized carbons (Fsp3) is 0.674. The summed E-state index contributed by atoms with van der Waals surface area (Å²) in [4.78, 5) is 45.9. The molecule has 0 saturated heterocycles. The highest BCUT2D eigenvalue weighted by Gasteiger charge is 2.28. The van der Waals surface area contributed by atoms with E-state index in [9.17, 15) is 23.8 Å². The highest BCUT2D eigenvalue weighted by atomic mass is 31.2. The van der Waals surface area contributed by atoms with Crippen LogP contribution >= 0.6 is 7.82 Å². The lowest BCUT2D eigenvalue weighted by Crippen LogP contribution is -2.34. The Balaban J connectivity index is 4.52. The molecule has 0 radical (unpaired) electrons. The number of unbranched alkanes of at least 4 members (excludes halogenated alkanes) is 15. The number of ether oxygens (including phenoxy) is 2. The van der Waals surface area contributed by atoms with E-state index in [1.807, 2.05) is 18.2 Å². The standard InChI is InChI=1S/C46H78NO10P/c1-3-5-7-9-11-13-15-17-19-20-21-22-24-26-28-30-32-34-36-38-45(49)57-42(40-55-58(52,53)56-41-43(47)46(50)51)39-54-44(48)37-35-33-31-29-27-25-23-18-16-14-12-10-8-6-4-2/h7,9,13,15,19-20,22,24,28,30,34,36,42-43H,3-6,8,10-12,14,16-18,21,23,25-27,29,31-33,35,37-41,47H2,1-2H3,(H,50,51)(H,52,53)/b9-7-,15-13-,20-19-,24-22-,30-28-,36-34-/t42-,43+/m1/s1. The molecule has 4 N–H and O–H groups in total. The lowest BCUT2D eigenvalue weighted by Gasteiger charge is -2.20. The van der Waals surface area contributed by atoms with Crippen molar-refractivity contribution in [3.8, 4) is 0 Å². The molecular weight excluding hydrogens is 757 g/mol. The van der Waals surface area contributed by atoms with Crippen molar-refractivity contribution in [1.82, 2.24) is 0 Å². The van der Waals surface area contributed by atoms with Crippen molar-refractivity contribution in [3.05, 3.63) is 72.9 Å². The lowest BCUT2D eigenvalue weighted by atomic mass is 10.0. The van der Waals surface area contributed by atoms with E-state index in [0.717, 1.165) is 51.4 Å². The molecule has 11 nitrogen and oxygen atoms in total. The van der Waals surface area contributed by atoms with Gasteiger partial charge in [0.1, 0.15) is 12.6 Å². The summed E-state index contributed by atoms with van der Waals surface area (Å²) in [6, 6.07) is -1.54. The van der Waals surface area contributed by atoms with Crippen LogP contribution in [0.25, 0.3) is 0 Å². The van der Waals surface area contributed by atoms with E-state index in [0.29, 0.717) is 12.8 Å². The third-order valence-electron chi connectivity index (χ3n) is 8.97. The molecule has 0 aromatic carbocycles. The van der Waals surface area contributed by atoms with Gasteiger partial charge in [-0.15, -0.1) is 0 Å². The van der Waals surface area contributed by atoms with Gasteiger partial charge in [-0.3, -0.25) is 23.4 Å². The summed E-state index contributed by atoms with van der Waals surface area (Å²) in [5.74, 6) is -2.54. The number of hydrogen-bond acceptors (Lipinski definition) is 9. The van der Waals surface area contributed by atoms with Crippen molar-refractivity contribution < 1.29 is 47.5 Å². The van der Waals surface area contributed by atoms with Gasteiger partial charge >= 0.3 is 25.7 Å². The monoisotopic (exact) mass is 836 g/mol. The Hall–Kier alpha value is -3.08. The van der Waals surface area contributed by atoms with Crippen LogP contribution in [-0.4, -0.2) is 59.9 Å². The number of nitrogens with two attached hydrogens (primary N) is 1. The van der Waals surface area contributed by atoms with E-state index in [2.05, 4.69) is 67.0 Å². The number of allylic oxidation sites excluding steroid dienone is 11. The molecule has 0 amide bonds. The minimum Gasteiger partial charge on any atom is -0.480 e. The Morgan fingerprint density at radius 2 is 0.966 bits per heavy atom. The van der Waals surface area contributed by atoms with Crippen molar-refractivity contribution in [2.24, 2.45) is 5.73 Å². The van der Waals surface area contributed by atoms with E-state index in [1.54, 1.807) is 6.08 Å². The largest absolute Gasteiger partial charge is 0.480 e. The van der Waals surface area contributed by atoms with Gasteiger partial charge in [0, 0.05) is 6.42 Å². The number of rotatable bonds is 40. The molecule has 0 heterocycles. The summed E-state index contributed by atoms with van der Waals surface area (Å²) in [6.45, 7) is 2.63. The summed E-state index contributed by atoms with van der Waals surface area (Å²) >= 11 is 0. The van der Waals surface area contributed by atoms with Gasteiger partial charge in [-0.25, -0.2) is 4.57 Å². The average molecular weight is 836 g/mol. The Morgan fingerprint density at radius 3 is 1.41 bits per heavy atom. The molecule has 0 spiro atoms. The number of hydrogen-bond donors (Lipinski definition) is 3. The highest BCUT2D eigenvalue weighted by molar-refractivity contribution is 7.47. The molecule has 58 heavy (non-hydrogen) atoms. The molecule has 0 aromatic rings. The molecule has 0 aliphatic heterocycles. The maximum Gasteiger partial charge on any atom is 0.472 e. The van der Waals surface area contributed by atoms with Crippen molar-refractivity contribution >= 4 is 25.7 Å². The SMILES string of the molecule is CCC/C=C\C/C=C\C/C=C\C/C=C\C/C=C\C/C=C\CC(=O)O[C@H](COC(=O)CCCCCCCCCCCCCCCCC)COP(=O)(O)OC[C@H](N)C(=O)O. The van der Waals surface area contributed by atoms with Gasteiger partial charge in [0.15, 0.2) is 6.10 Å². The zero-order valence-electron chi connectivity index (χ0n) is 35.9. The zero-order chi connectivity index (χ0) is 42.8. The second kappa shape index (κ2) is 40.7. The first-order chi connectivity index (χ1) is 28.1. The average Bonchev–Trinajstić information content (AvgIpc) is 3.20. The van der Waals surface area contributed by atoms with Crippen LogP contribution in [0.3, 0.4) is 0 Å². The minimum atomic E-state index is -4.74. The summed E-state index contributed by atoms with van der Waals surface area (Å²) in [6.07, 6.45) is 48.5. The molecule has 0 saturated carbocycles. The number of phosphoric acid groups is 1. The molecule has 0 bridgehead atoms. The van der Waals surface area contributed by atoms with Crippen LogP contribution in [0.2, 0.25) is 0 Å². The first-order valence-electron chi connectivity index (χ1n) is 22.0. The van der Waals surface area contributed by atoms with Crippen molar-refractivity contribution in [2.45, 2.75) is 180 Å². The molecule has 3 atom stereocenters. The van der Waals surface area contributed by atoms with Crippen LogP contribution in [0, 0.1) is 0 Å². The molecular formula is C46H78NO10P. The van der Waals surface area contributed by atoms with Crippen molar-refractivity contribution in [3.63, 3.8) is 0 Å². The van der Waals surface area contributed by atoms with Crippen molar-refractivity contribution in [1.29, 1.82) is 0 Å². The van der Waals surface area contributed by atoms with Crippen LogP contribution in [0.4, 0.5) is 0 Å². The molecule has 0 rings (SSSR count). The summed E-state index contributed by atoms with van der Waals surface area (Å²) in [5, 5.41) is 8.89. The third-order valence-corrected chi connectivity index (χ3v) is 9.92. The van der Waals surface area contributed by atoms with E-state index >= 15 is 0 Å². The number of esters is 2. The van der Waals surface area contributed by atoms with Gasteiger partial charge in [-0.2, -0.15) is 0 Å². The van der Waals surface area contributed by atoms with E-state index in [1.165, 1.54) is 77.0 Å². The molecule has 332 valence electrons. The molecule has 0 fully saturated rings. The number of carboxylic acids is 1. The quantitative estimate of drug-likeness (QED) is 0.0232. The number of carboxylic acid groups (broad SMARTS) is 1. The predicted molar refractivity (Wildman–Crippen MR) is 235 cm³/mol. The van der Waals surface area contributed by atoms with Gasteiger partial charge in [-0.1, -0.05) is 183 Å². The predicted octanol–water partition coefficient (Wildman–Crippen LogP) is 11.7. The number of aliphatic carboxylic acids is 1. The van der Waals surface area contributed by atoms with Crippen LogP contribution in [0.15, 0.2) is 72.9 Å². The Labute approximate surface area is 350 Å². The second-order valence-electron chi connectivity index (χ2n) is 14.5. The molecule has 0 aliphatic rings. The maximum atomic E-state index is 12.6. The van der Waals surface area contributed by atoms with Gasteiger partial charge in [0.25, 0.3) is 0 Å². The van der Waals surface area contributed by atoms with Crippen LogP contribution in [-0.2, 0) is 37.5 Å². The molecule has 12 heteroatoms. The number of carbonyl (C=O) groups is 3. The van der Waals surface area contributed by atoms with Gasteiger partial charge in [-0.05, 0) is 44.9 Å². The van der Waals surface area contributed by atoms with Crippen LogP contribution in [0.1, 0.15) is 168 Å². The summed E-state index contributed by atoms with van der Waals surface area (Å²) < 4.78 is 32.6. The maximum absolute atomic E-state index is 12.6. The Morgan fingerprint density at radius 1 is 0.552 bits per heavy atom. The first kappa shape index (κ1) is 54.9. The number of phosphoric ester groups is 1. The summed E-state index contributed by atoms with van der Waals surface area (Å²) in [5.41, 5.74) is 5.33. The molecule has 1 unspecified atom stereocenters. The Bertz CT molecular complexity index is 1260. The lowest BCUT2D eigenvalue weighted by molar-refractivity contribution is -0.160. The third kappa shape index (κ3) is 39.7. The normalized spacial score (nSPS) is 14.4. The van der Waals surface area contributed by atoms with E-state index in [-0.39, 0.29) is 19.4 Å². The Kier molecular flexibility index (Phi) is 38.5. The topological polar surface area (TPSA) is 172 Å². The minimum absolute atomic E-state index is 0.0743. The fourth-order valence-electron chi connectivity index (χ4n) is 5.53. The van der Waals surface area contributed by atoms with E-state index in [4.69, 9.17) is 24.8 Å². The second-order valence-corrected chi connectivity index (χ2v) is 16.0. The zero-order valence-corrected chi connectivity index (χ0v) is 36.8. The van der Waals surface area contributed by atoms with Gasteiger partial charge < -0.3 is 25.2 Å². The van der Waals surface area contributed by atoms with Crippen LogP contribution in [0.5, 0.6) is 0 Å². The van der Waals surface area contributed by atoms with Gasteiger partial charge in [0.2, 0.25) is 0 Å².